The molecule has 7 nitrogen and oxygen atoms in total. The predicted octanol–water partition coefficient (Wildman–Crippen LogP) is -20.2. The maximum atomic E-state index is 10.1. The zero-order valence-corrected chi connectivity index (χ0v) is 23.6. The second kappa shape index (κ2) is 19.7. The van der Waals surface area contributed by atoms with Crippen LogP contribution in [0.5, 0.6) is 0 Å². The van der Waals surface area contributed by atoms with E-state index in [1.165, 1.54) is 0 Å². The largest absolute Gasteiger partial charge is 1.00 e. The standard InChI is InChI=1S/C6H8O7.2K.3Na/c7-3(8)1-6(13,5(11)12)2-4(9)10;;;;;/h13H,1-2H2,(H,7,8)(H,9,10)(H,11,12);;;;;/q;5*+1/p-3. The van der Waals surface area contributed by atoms with Crippen LogP contribution in [-0.4, -0.2) is 28.6 Å². The second-order valence-electron chi connectivity index (χ2n) is 2.42. The third-order valence-corrected chi connectivity index (χ3v) is 1.25. The van der Waals surface area contributed by atoms with Crippen molar-refractivity contribution in [3.63, 3.8) is 0 Å². The van der Waals surface area contributed by atoms with Crippen molar-refractivity contribution < 1.29 is 226 Å². The third kappa shape index (κ3) is 18.7. The summed E-state index contributed by atoms with van der Waals surface area (Å²) in [7, 11) is 0. The molecule has 0 aliphatic rings. The van der Waals surface area contributed by atoms with Crippen LogP contribution in [0, 0.1) is 0 Å². The molecule has 0 unspecified atom stereocenters. The average molecular weight is 336 g/mol. The SMILES string of the molecule is O=C([O-])CC(O)(CC(=O)[O-])C(=O)[O-].[K+].[K+].[Na+].[Na+].[Na+]. The molecule has 0 atom stereocenters. The van der Waals surface area contributed by atoms with Crippen LogP contribution in [-0.2, 0) is 14.4 Å². The molecular weight excluding hydrogens is 331 g/mol. The molecule has 0 spiro atoms. The number of aliphatic carboxylic acids is 3. The molecule has 0 fully saturated rings. The van der Waals surface area contributed by atoms with Crippen molar-refractivity contribution in [3.05, 3.63) is 0 Å². The van der Waals surface area contributed by atoms with Gasteiger partial charge in [-0.1, -0.05) is 0 Å². The van der Waals surface area contributed by atoms with E-state index in [-0.39, 0.29) is 191 Å². The maximum absolute atomic E-state index is 10.1. The summed E-state index contributed by atoms with van der Waals surface area (Å²) < 4.78 is 0. The van der Waals surface area contributed by atoms with E-state index in [9.17, 15) is 29.7 Å². The summed E-state index contributed by atoms with van der Waals surface area (Å²) >= 11 is 0. The second-order valence-corrected chi connectivity index (χ2v) is 2.42. The molecule has 12 heteroatoms. The minimum Gasteiger partial charge on any atom is -0.550 e. The van der Waals surface area contributed by atoms with Crippen LogP contribution in [0.1, 0.15) is 12.8 Å². The molecule has 0 aromatic rings. The van der Waals surface area contributed by atoms with Crippen molar-refractivity contribution in [2.24, 2.45) is 0 Å². The van der Waals surface area contributed by atoms with Gasteiger partial charge in [-0.25, -0.2) is 0 Å². The van der Waals surface area contributed by atoms with E-state index < -0.39 is 36.4 Å². The first-order valence-corrected chi connectivity index (χ1v) is 3.11. The normalized spacial score (nSPS) is 7.83. The van der Waals surface area contributed by atoms with Crippen molar-refractivity contribution in [2.75, 3.05) is 0 Å². The van der Waals surface area contributed by atoms with Gasteiger partial charge >= 0.3 is 191 Å². The first kappa shape index (κ1) is 38.3. The fraction of sp³-hybridized carbons (Fsp3) is 0.500. The summed E-state index contributed by atoms with van der Waals surface area (Å²) in [6.07, 6.45) is -2.72. The Bertz CT molecular complexity index is 248. The van der Waals surface area contributed by atoms with Gasteiger partial charge in [0.05, 0.1) is 5.97 Å². The van der Waals surface area contributed by atoms with Gasteiger partial charge in [0.25, 0.3) is 0 Å². The predicted molar refractivity (Wildman–Crippen MR) is 29.2 cm³/mol. The van der Waals surface area contributed by atoms with Gasteiger partial charge in [-0.2, -0.15) is 0 Å². The Morgan fingerprint density at radius 3 is 1.17 bits per heavy atom. The van der Waals surface area contributed by atoms with Crippen LogP contribution in [0.3, 0.4) is 0 Å². The van der Waals surface area contributed by atoms with E-state index in [1.54, 1.807) is 0 Å². The molecule has 0 rings (SSSR count). The van der Waals surface area contributed by atoms with Gasteiger partial charge in [0.15, 0.2) is 0 Å². The molecule has 0 aliphatic heterocycles. The maximum Gasteiger partial charge on any atom is 1.00 e. The average Bonchev–Trinajstić information content (AvgIpc) is 1.82. The molecule has 0 saturated heterocycles. The molecule has 0 heterocycles. The summed E-state index contributed by atoms with van der Waals surface area (Å²) in [5, 5.41) is 38.9. The van der Waals surface area contributed by atoms with Gasteiger partial charge in [-0.15, -0.1) is 0 Å². The first-order chi connectivity index (χ1) is 5.78. The number of hydrogen-bond donors (Lipinski definition) is 1. The smallest absolute Gasteiger partial charge is 0.550 e. The van der Waals surface area contributed by atoms with E-state index in [0.717, 1.165) is 0 Å². The Balaban J connectivity index is -0.0000000720. The third-order valence-electron chi connectivity index (χ3n) is 1.25. The monoisotopic (exact) mass is 336 g/mol. The molecule has 0 bridgehead atoms. The summed E-state index contributed by atoms with van der Waals surface area (Å²) in [4.78, 5) is 30.0. The van der Waals surface area contributed by atoms with Gasteiger partial charge in [0, 0.05) is 24.8 Å². The van der Waals surface area contributed by atoms with Gasteiger partial charge in [-0.3, -0.25) is 0 Å². The summed E-state index contributed by atoms with van der Waals surface area (Å²) in [5.41, 5.74) is -2.97. The number of carboxylic acids is 3. The Labute approximate surface area is 255 Å². The molecule has 1 N–H and O–H groups in total. The van der Waals surface area contributed by atoms with Crippen molar-refractivity contribution >= 4 is 17.9 Å². The Morgan fingerprint density at radius 1 is 0.833 bits per heavy atom. The van der Waals surface area contributed by atoms with E-state index in [2.05, 4.69) is 0 Å². The fourth-order valence-electron chi connectivity index (χ4n) is 0.684. The van der Waals surface area contributed by atoms with E-state index in [0.29, 0.717) is 0 Å². The first-order valence-electron chi connectivity index (χ1n) is 3.11. The van der Waals surface area contributed by atoms with Crippen molar-refractivity contribution in [1.82, 2.24) is 0 Å². The van der Waals surface area contributed by atoms with Crippen LogP contribution < -0.4 is 207 Å². The van der Waals surface area contributed by atoms with Crippen LogP contribution >= 0.6 is 0 Å². The summed E-state index contributed by atoms with van der Waals surface area (Å²) in [6, 6.07) is 0. The molecule has 0 radical (unpaired) electrons. The van der Waals surface area contributed by atoms with Gasteiger partial charge in [-0.05, 0) is 0 Å². The number of carboxylic acid groups (broad SMARTS) is 3. The van der Waals surface area contributed by atoms with Crippen LogP contribution in [0.4, 0.5) is 0 Å². The number of carbonyl (C=O) groups excluding carboxylic acids is 3. The van der Waals surface area contributed by atoms with Gasteiger partial charge in [0.2, 0.25) is 0 Å². The fourth-order valence-corrected chi connectivity index (χ4v) is 0.684. The minimum atomic E-state index is -2.97. The minimum absolute atomic E-state index is 0. The molecule has 0 saturated carbocycles. The zero-order chi connectivity index (χ0) is 10.6. The zero-order valence-electron chi connectivity index (χ0n) is 11.3. The number of hydrogen-bond acceptors (Lipinski definition) is 7. The summed E-state index contributed by atoms with van der Waals surface area (Å²) in [5.74, 6) is -5.98. The van der Waals surface area contributed by atoms with E-state index >= 15 is 0 Å². The van der Waals surface area contributed by atoms with Crippen LogP contribution in [0.25, 0.3) is 0 Å². The van der Waals surface area contributed by atoms with Gasteiger partial charge in [0.1, 0.15) is 5.60 Å². The molecule has 18 heavy (non-hydrogen) atoms. The van der Waals surface area contributed by atoms with Gasteiger partial charge < -0.3 is 34.8 Å². The Kier molecular flexibility index (Phi) is 41.9. The quantitative estimate of drug-likeness (QED) is 0.491. The summed E-state index contributed by atoms with van der Waals surface area (Å²) in [6.45, 7) is 0. The van der Waals surface area contributed by atoms with Crippen molar-refractivity contribution in [3.8, 4) is 0 Å². The number of carbonyl (C=O) groups is 3. The molecule has 0 aliphatic carbocycles. The van der Waals surface area contributed by atoms with Crippen LogP contribution in [0.2, 0.25) is 0 Å². The molecule has 0 aromatic heterocycles. The molecular formula is C6H5K2Na3O7+2. The van der Waals surface area contributed by atoms with Crippen molar-refractivity contribution in [2.45, 2.75) is 18.4 Å². The molecule has 74 valence electrons. The Hall–Kier alpha value is 4.64. The van der Waals surface area contributed by atoms with Crippen molar-refractivity contribution in [1.29, 1.82) is 0 Å². The number of aliphatic hydroxyl groups is 1. The number of rotatable bonds is 5. The topological polar surface area (TPSA) is 141 Å². The van der Waals surface area contributed by atoms with Crippen LogP contribution in [0.15, 0.2) is 0 Å². The molecule has 0 aromatic carbocycles. The molecule has 0 amide bonds. The van der Waals surface area contributed by atoms with E-state index in [1.807, 2.05) is 0 Å². The van der Waals surface area contributed by atoms with E-state index in [4.69, 9.17) is 5.11 Å². The Morgan fingerprint density at radius 2 is 1.06 bits per heavy atom.